The van der Waals surface area contributed by atoms with Crippen molar-refractivity contribution < 1.29 is 14.6 Å². The third-order valence-corrected chi connectivity index (χ3v) is 1.91. The molecule has 1 aromatic rings. The van der Waals surface area contributed by atoms with Crippen LogP contribution in [0.25, 0.3) is 0 Å². The number of rotatable bonds is 6. The van der Waals surface area contributed by atoms with Gasteiger partial charge in [-0.3, -0.25) is 0 Å². The maximum atomic E-state index is 10.9. The predicted molar refractivity (Wildman–Crippen MR) is 66.3 cm³/mol. The summed E-state index contributed by atoms with van der Waals surface area (Å²) >= 11 is 0. The molecule has 1 atom stereocenters. The van der Waals surface area contributed by atoms with Crippen LogP contribution in [0.2, 0.25) is 0 Å². The van der Waals surface area contributed by atoms with Crippen molar-refractivity contribution in [3.05, 3.63) is 12.3 Å². The quantitative estimate of drug-likeness (QED) is 0.736. The first-order chi connectivity index (χ1) is 8.52. The minimum absolute atomic E-state index is 0.0197. The molecule has 1 unspecified atom stereocenters. The molecular weight excluding hydrogens is 234 g/mol. The van der Waals surface area contributed by atoms with E-state index in [1.165, 1.54) is 6.20 Å². The van der Waals surface area contributed by atoms with Gasteiger partial charge in [0.05, 0.1) is 6.10 Å². The Bertz CT molecular complexity index is 454. The van der Waals surface area contributed by atoms with E-state index in [1.54, 1.807) is 6.07 Å². The third-order valence-electron chi connectivity index (χ3n) is 1.91. The van der Waals surface area contributed by atoms with Gasteiger partial charge >= 0.3 is 5.97 Å². The number of hydrogen-bond donors (Lipinski definition) is 2. The summed E-state index contributed by atoms with van der Waals surface area (Å²) < 4.78 is 5.38. The van der Waals surface area contributed by atoms with Crippen LogP contribution in [-0.2, 0) is 4.79 Å². The van der Waals surface area contributed by atoms with Crippen molar-refractivity contribution in [2.75, 3.05) is 5.32 Å². The zero-order valence-corrected chi connectivity index (χ0v) is 10.3. The largest absolute Gasteiger partial charge is 0.480 e. The number of ether oxygens (including phenoxy) is 1. The van der Waals surface area contributed by atoms with Gasteiger partial charge in [0.1, 0.15) is 6.04 Å². The molecule has 6 heteroatoms. The maximum absolute atomic E-state index is 10.9. The lowest BCUT2D eigenvalue weighted by molar-refractivity contribution is -0.137. The molecule has 0 aliphatic rings. The molecule has 18 heavy (non-hydrogen) atoms. The van der Waals surface area contributed by atoms with Crippen molar-refractivity contribution in [3.63, 3.8) is 0 Å². The van der Waals surface area contributed by atoms with Gasteiger partial charge in [-0.15, -0.1) is 12.3 Å². The van der Waals surface area contributed by atoms with Gasteiger partial charge in [0.2, 0.25) is 11.8 Å². The fourth-order valence-electron chi connectivity index (χ4n) is 1.19. The molecule has 0 amide bonds. The highest BCUT2D eigenvalue weighted by Crippen LogP contribution is 2.11. The normalized spacial score (nSPS) is 11.7. The van der Waals surface area contributed by atoms with Crippen molar-refractivity contribution in [3.8, 4) is 18.2 Å². The van der Waals surface area contributed by atoms with Crippen LogP contribution in [0, 0.1) is 12.3 Å². The van der Waals surface area contributed by atoms with Gasteiger partial charge in [-0.1, -0.05) is 0 Å². The van der Waals surface area contributed by atoms with E-state index < -0.39 is 12.0 Å². The maximum Gasteiger partial charge on any atom is 0.327 e. The van der Waals surface area contributed by atoms with Crippen LogP contribution in [0.15, 0.2) is 12.3 Å². The number of terminal acetylenes is 1. The number of aliphatic carboxylic acids is 1. The molecule has 0 spiro atoms. The van der Waals surface area contributed by atoms with E-state index in [9.17, 15) is 4.79 Å². The highest BCUT2D eigenvalue weighted by atomic mass is 16.5. The first-order valence-corrected chi connectivity index (χ1v) is 5.45. The van der Waals surface area contributed by atoms with Gasteiger partial charge in [-0.2, -0.15) is 4.98 Å². The molecule has 0 radical (unpaired) electrons. The van der Waals surface area contributed by atoms with Gasteiger partial charge < -0.3 is 15.2 Å². The summed E-state index contributed by atoms with van der Waals surface area (Å²) in [7, 11) is 0. The van der Waals surface area contributed by atoms with E-state index in [0.29, 0.717) is 5.88 Å². The highest BCUT2D eigenvalue weighted by molar-refractivity contribution is 5.76. The first-order valence-electron chi connectivity index (χ1n) is 5.45. The molecule has 2 N–H and O–H groups in total. The van der Waals surface area contributed by atoms with Crippen LogP contribution in [0.3, 0.4) is 0 Å². The van der Waals surface area contributed by atoms with Gasteiger partial charge in [-0.25, -0.2) is 9.78 Å². The van der Waals surface area contributed by atoms with E-state index >= 15 is 0 Å². The minimum atomic E-state index is -1.05. The Labute approximate surface area is 105 Å². The molecule has 0 aliphatic heterocycles. The smallest absolute Gasteiger partial charge is 0.327 e. The third kappa shape index (κ3) is 4.29. The second-order valence-corrected chi connectivity index (χ2v) is 3.83. The summed E-state index contributed by atoms with van der Waals surface area (Å²) in [6.07, 6.45) is 6.62. The van der Waals surface area contributed by atoms with Crippen LogP contribution in [0.1, 0.15) is 20.3 Å². The standard InChI is InChI=1S/C12H15N3O3/c1-4-5-9(11(16)17)14-12-13-7-6-10(15-12)18-8(2)3/h1,6-9H,5H2,2-3H3,(H,16,17)(H,13,14,15). The number of aromatic nitrogens is 2. The summed E-state index contributed by atoms with van der Waals surface area (Å²) in [6.45, 7) is 3.74. The number of nitrogens with zero attached hydrogens (tertiary/aromatic N) is 2. The Morgan fingerprint density at radius 2 is 2.39 bits per heavy atom. The molecule has 96 valence electrons. The molecule has 1 rings (SSSR count). The molecule has 1 heterocycles. The minimum Gasteiger partial charge on any atom is -0.480 e. The summed E-state index contributed by atoms with van der Waals surface area (Å²) in [5, 5.41) is 11.6. The lowest BCUT2D eigenvalue weighted by Crippen LogP contribution is -2.29. The summed E-state index contributed by atoms with van der Waals surface area (Å²) in [5.74, 6) is 1.80. The van der Waals surface area contributed by atoms with Crippen LogP contribution < -0.4 is 10.1 Å². The lowest BCUT2D eigenvalue weighted by Gasteiger charge is -2.13. The Balaban J connectivity index is 2.77. The molecule has 0 bridgehead atoms. The van der Waals surface area contributed by atoms with Gasteiger partial charge in [0.25, 0.3) is 0 Å². The van der Waals surface area contributed by atoms with E-state index in [0.717, 1.165) is 0 Å². The van der Waals surface area contributed by atoms with Crippen molar-refractivity contribution in [2.45, 2.75) is 32.4 Å². The number of anilines is 1. The number of hydrogen-bond acceptors (Lipinski definition) is 5. The fraction of sp³-hybridized carbons (Fsp3) is 0.417. The molecule has 0 fully saturated rings. The van der Waals surface area contributed by atoms with E-state index in [-0.39, 0.29) is 18.5 Å². The highest BCUT2D eigenvalue weighted by Gasteiger charge is 2.17. The average Bonchev–Trinajstić information content (AvgIpc) is 2.28. The van der Waals surface area contributed by atoms with Crippen molar-refractivity contribution in [2.24, 2.45) is 0 Å². The van der Waals surface area contributed by atoms with E-state index in [1.807, 2.05) is 13.8 Å². The molecule has 0 aliphatic carbocycles. The summed E-state index contributed by atoms with van der Waals surface area (Å²) in [6, 6.07) is 0.687. The zero-order valence-electron chi connectivity index (χ0n) is 10.3. The average molecular weight is 249 g/mol. The van der Waals surface area contributed by atoms with E-state index in [2.05, 4.69) is 21.2 Å². The van der Waals surface area contributed by atoms with Gasteiger partial charge in [-0.05, 0) is 13.8 Å². The Kier molecular flexibility index (Phi) is 4.93. The van der Waals surface area contributed by atoms with Crippen molar-refractivity contribution in [1.82, 2.24) is 9.97 Å². The summed E-state index contributed by atoms with van der Waals surface area (Å²) in [4.78, 5) is 18.9. The topological polar surface area (TPSA) is 84.3 Å². The van der Waals surface area contributed by atoms with Crippen LogP contribution in [-0.4, -0.2) is 33.2 Å². The van der Waals surface area contributed by atoms with Crippen LogP contribution in [0.4, 0.5) is 5.95 Å². The second kappa shape index (κ2) is 6.45. The molecule has 0 saturated heterocycles. The molecule has 0 saturated carbocycles. The van der Waals surface area contributed by atoms with E-state index in [4.69, 9.17) is 16.3 Å². The fourth-order valence-corrected chi connectivity index (χ4v) is 1.19. The molecular formula is C12H15N3O3. The van der Waals surface area contributed by atoms with Crippen LogP contribution in [0.5, 0.6) is 5.88 Å². The second-order valence-electron chi connectivity index (χ2n) is 3.83. The molecule has 6 nitrogen and oxygen atoms in total. The molecule has 0 aromatic carbocycles. The number of nitrogens with one attached hydrogen (secondary N) is 1. The Morgan fingerprint density at radius 3 is 2.94 bits per heavy atom. The van der Waals surface area contributed by atoms with Gasteiger partial charge in [0, 0.05) is 18.7 Å². The van der Waals surface area contributed by atoms with Crippen LogP contribution >= 0.6 is 0 Å². The molecule has 1 aromatic heterocycles. The van der Waals surface area contributed by atoms with Gasteiger partial charge in [0.15, 0.2) is 0 Å². The van der Waals surface area contributed by atoms with Crippen molar-refractivity contribution in [1.29, 1.82) is 0 Å². The lowest BCUT2D eigenvalue weighted by atomic mass is 10.2. The Morgan fingerprint density at radius 1 is 1.67 bits per heavy atom. The Hall–Kier alpha value is -2.29. The summed E-state index contributed by atoms with van der Waals surface area (Å²) in [5.41, 5.74) is 0. The first kappa shape index (κ1) is 13.8. The number of carboxylic acid groups (broad SMARTS) is 1. The number of carbonyl (C=O) groups is 1. The SMILES string of the molecule is C#CCC(Nc1nccc(OC(C)C)n1)C(=O)O. The zero-order chi connectivity index (χ0) is 13.5. The van der Waals surface area contributed by atoms with Crippen molar-refractivity contribution >= 4 is 11.9 Å². The monoisotopic (exact) mass is 249 g/mol. The number of carboxylic acids is 1. The predicted octanol–water partition coefficient (Wildman–Crippen LogP) is 1.15.